The van der Waals surface area contributed by atoms with Crippen molar-refractivity contribution in [2.75, 3.05) is 19.8 Å². The lowest BCUT2D eigenvalue weighted by Crippen LogP contribution is -2.49. The number of aromatic amines is 1. The molecule has 0 bridgehead atoms. The fraction of sp³-hybridized carbons (Fsp3) is 0.522. The van der Waals surface area contributed by atoms with Crippen LogP contribution in [0.4, 0.5) is 0 Å². The van der Waals surface area contributed by atoms with Gasteiger partial charge >= 0.3 is 0 Å². The van der Waals surface area contributed by atoms with E-state index in [0.717, 1.165) is 31.2 Å². The fourth-order valence-electron chi connectivity index (χ4n) is 5.20. The van der Waals surface area contributed by atoms with Gasteiger partial charge in [-0.3, -0.25) is 14.4 Å². The first-order chi connectivity index (χ1) is 14.6. The topological polar surface area (TPSA) is 91.5 Å². The zero-order valence-corrected chi connectivity index (χ0v) is 17.0. The number of amides is 2. The third kappa shape index (κ3) is 3.41. The number of nitrogens with one attached hydrogen (secondary N) is 2. The molecule has 2 amide bonds. The van der Waals surface area contributed by atoms with Crippen LogP contribution in [-0.2, 0) is 32.1 Å². The van der Waals surface area contributed by atoms with E-state index in [1.165, 1.54) is 16.6 Å². The van der Waals surface area contributed by atoms with Crippen LogP contribution in [0.25, 0.3) is 10.9 Å². The molecule has 1 aromatic carbocycles. The molecule has 2 aliphatic heterocycles. The highest BCUT2D eigenvalue weighted by molar-refractivity contribution is 5.94. The summed E-state index contributed by atoms with van der Waals surface area (Å²) in [7, 11) is 0. The first-order valence-electron chi connectivity index (χ1n) is 10.9. The minimum atomic E-state index is -0.570. The Morgan fingerprint density at radius 2 is 1.93 bits per heavy atom. The molecule has 0 radical (unpaired) electrons. The second-order valence-corrected chi connectivity index (χ2v) is 8.68. The molecule has 5 rings (SSSR count). The Hall–Kier alpha value is -2.67. The van der Waals surface area contributed by atoms with Crippen molar-refractivity contribution in [3.05, 3.63) is 35.5 Å². The van der Waals surface area contributed by atoms with Crippen LogP contribution in [0.15, 0.2) is 24.3 Å². The molecular formula is C23H27N3O4. The van der Waals surface area contributed by atoms with Crippen molar-refractivity contribution in [2.45, 2.75) is 44.7 Å². The Bertz CT molecular complexity index is 997. The molecule has 1 aliphatic carbocycles. The predicted molar refractivity (Wildman–Crippen MR) is 111 cm³/mol. The molecule has 1 aromatic heterocycles. The molecule has 1 saturated carbocycles. The summed E-state index contributed by atoms with van der Waals surface area (Å²) >= 11 is 0. The Labute approximate surface area is 175 Å². The highest BCUT2D eigenvalue weighted by Crippen LogP contribution is 2.34. The summed E-state index contributed by atoms with van der Waals surface area (Å²) in [6.07, 6.45) is 4.11. The smallest absolute Gasteiger partial charge is 0.226 e. The van der Waals surface area contributed by atoms with Crippen LogP contribution < -0.4 is 5.32 Å². The zero-order chi connectivity index (χ0) is 20.7. The maximum absolute atomic E-state index is 13.5. The lowest BCUT2D eigenvalue weighted by Gasteiger charge is -2.36. The van der Waals surface area contributed by atoms with Crippen LogP contribution in [0.3, 0.4) is 0 Å². The Morgan fingerprint density at radius 3 is 2.73 bits per heavy atom. The molecular weight excluding hydrogens is 382 g/mol. The number of para-hydroxylation sites is 1. The van der Waals surface area contributed by atoms with Crippen LogP contribution >= 0.6 is 0 Å². The van der Waals surface area contributed by atoms with Crippen molar-refractivity contribution < 1.29 is 19.1 Å². The number of carbonyl (C=O) groups is 3. The van der Waals surface area contributed by atoms with Crippen LogP contribution in [0, 0.1) is 11.8 Å². The normalized spacial score (nSPS) is 26.6. The van der Waals surface area contributed by atoms with Gasteiger partial charge in [-0.1, -0.05) is 31.0 Å². The summed E-state index contributed by atoms with van der Waals surface area (Å²) in [4.78, 5) is 43.7. The standard InChI is InChI=1S/C23H27N3O4/c27-21-13-30-12-20(21)25-22(28)15-6-1-2-7-16(15)23(29)26-10-9-19-17(11-26)14-5-3-4-8-18(14)24-19/h3-5,8,15-16,20,24H,1-2,6-7,9-13H2,(H,25,28). The number of hydrogen-bond acceptors (Lipinski definition) is 4. The van der Waals surface area contributed by atoms with Gasteiger partial charge in [-0.05, 0) is 18.9 Å². The molecule has 0 spiro atoms. The van der Waals surface area contributed by atoms with E-state index in [9.17, 15) is 14.4 Å². The van der Waals surface area contributed by atoms with Crippen molar-refractivity contribution in [1.82, 2.24) is 15.2 Å². The lowest BCUT2D eigenvalue weighted by molar-refractivity contribution is -0.144. The number of fused-ring (bicyclic) bond motifs is 3. The third-order valence-electron chi connectivity index (χ3n) is 6.85. The van der Waals surface area contributed by atoms with Crippen LogP contribution in [0.1, 0.15) is 36.9 Å². The quantitative estimate of drug-likeness (QED) is 0.811. The van der Waals surface area contributed by atoms with Gasteiger partial charge in [0.25, 0.3) is 0 Å². The maximum Gasteiger partial charge on any atom is 0.226 e. The second kappa shape index (κ2) is 7.87. The Kier molecular flexibility index (Phi) is 5.06. The molecule has 2 aromatic rings. The summed E-state index contributed by atoms with van der Waals surface area (Å²) in [5.41, 5.74) is 3.50. The number of Topliss-reactive ketones (excluding diaryl/α,β-unsaturated/α-hetero) is 1. The number of H-pyrrole nitrogens is 1. The SMILES string of the molecule is O=C1COCC1NC(=O)C1CCCCC1C(=O)N1CCc2[nH]c3ccccc3c2C1. The van der Waals surface area contributed by atoms with Crippen molar-refractivity contribution in [2.24, 2.45) is 11.8 Å². The monoisotopic (exact) mass is 409 g/mol. The first kappa shape index (κ1) is 19.3. The van der Waals surface area contributed by atoms with Crippen LogP contribution in [0.2, 0.25) is 0 Å². The molecule has 2 N–H and O–H groups in total. The van der Waals surface area contributed by atoms with Gasteiger partial charge in [0, 0.05) is 53.5 Å². The number of benzene rings is 1. The Morgan fingerprint density at radius 1 is 1.13 bits per heavy atom. The maximum atomic E-state index is 13.5. The van der Waals surface area contributed by atoms with Crippen molar-refractivity contribution in [1.29, 1.82) is 0 Å². The number of ether oxygens (including phenoxy) is 1. The third-order valence-corrected chi connectivity index (χ3v) is 6.85. The van der Waals surface area contributed by atoms with Crippen LogP contribution in [0.5, 0.6) is 0 Å². The van der Waals surface area contributed by atoms with Crippen molar-refractivity contribution >= 4 is 28.5 Å². The lowest BCUT2D eigenvalue weighted by atomic mass is 9.77. The van der Waals surface area contributed by atoms with E-state index >= 15 is 0 Å². The van der Waals surface area contributed by atoms with E-state index < -0.39 is 6.04 Å². The number of nitrogens with zero attached hydrogens (tertiary/aromatic N) is 1. The minimum Gasteiger partial charge on any atom is -0.371 e. The molecule has 3 aliphatic rings. The summed E-state index contributed by atoms with van der Waals surface area (Å²) in [6, 6.07) is 7.62. The van der Waals surface area contributed by atoms with Crippen molar-refractivity contribution in [3.63, 3.8) is 0 Å². The highest BCUT2D eigenvalue weighted by atomic mass is 16.5. The number of ketones is 1. The number of hydrogen-bond donors (Lipinski definition) is 2. The molecule has 3 unspecified atom stereocenters. The summed E-state index contributed by atoms with van der Waals surface area (Å²) in [5.74, 6) is -0.890. The van der Waals surface area contributed by atoms with E-state index in [1.54, 1.807) is 0 Å². The van der Waals surface area contributed by atoms with E-state index in [0.29, 0.717) is 19.5 Å². The minimum absolute atomic E-state index is 0.0543. The second-order valence-electron chi connectivity index (χ2n) is 8.68. The summed E-state index contributed by atoms with van der Waals surface area (Å²) in [6.45, 7) is 1.53. The van der Waals surface area contributed by atoms with Gasteiger partial charge in [0.05, 0.1) is 6.61 Å². The zero-order valence-electron chi connectivity index (χ0n) is 17.0. The predicted octanol–water partition coefficient (Wildman–Crippen LogP) is 1.94. The van der Waals surface area contributed by atoms with Gasteiger partial charge in [-0.2, -0.15) is 0 Å². The van der Waals surface area contributed by atoms with Gasteiger partial charge < -0.3 is 19.9 Å². The van der Waals surface area contributed by atoms with E-state index in [4.69, 9.17) is 4.74 Å². The van der Waals surface area contributed by atoms with Gasteiger partial charge in [-0.15, -0.1) is 0 Å². The molecule has 1 saturated heterocycles. The van der Waals surface area contributed by atoms with Gasteiger partial charge in [0.2, 0.25) is 11.8 Å². The van der Waals surface area contributed by atoms with Gasteiger partial charge in [0.1, 0.15) is 12.6 Å². The Balaban J connectivity index is 1.32. The van der Waals surface area contributed by atoms with E-state index in [2.05, 4.69) is 22.4 Å². The number of aromatic nitrogens is 1. The van der Waals surface area contributed by atoms with Crippen molar-refractivity contribution in [3.8, 4) is 0 Å². The van der Waals surface area contributed by atoms with Gasteiger partial charge in [0.15, 0.2) is 5.78 Å². The largest absolute Gasteiger partial charge is 0.371 e. The molecule has 7 nitrogen and oxygen atoms in total. The summed E-state index contributed by atoms with van der Waals surface area (Å²) in [5, 5.41) is 4.00. The fourth-order valence-corrected chi connectivity index (χ4v) is 5.20. The number of carbonyl (C=O) groups excluding carboxylic acids is 3. The summed E-state index contributed by atoms with van der Waals surface area (Å²) < 4.78 is 5.15. The average Bonchev–Trinajstić information content (AvgIpc) is 3.35. The number of rotatable bonds is 3. The van der Waals surface area contributed by atoms with E-state index in [-0.39, 0.29) is 42.6 Å². The van der Waals surface area contributed by atoms with Gasteiger partial charge in [-0.25, -0.2) is 0 Å². The molecule has 3 atom stereocenters. The highest BCUT2D eigenvalue weighted by Gasteiger charge is 2.40. The molecule has 3 heterocycles. The van der Waals surface area contributed by atoms with Crippen LogP contribution in [-0.4, -0.2) is 53.3 Å². The molecule has 30 heavy (non-hydrogen) atoms. The van der Waals surface area contributed by atoms with E-state index in [1.807, 2.05) is 17.0 Å². The molecule has 158 valence electrons. The molecule has 7 heteroatoms. The molecule has 2 fully saturated rings. The average molecular weight is 409 g/mol. The first-order valence-corrected chi connectivity index (χ1v) is 10.9.